The second-order valence-corrected chi connectivity index (χ2v) is 8.28. The smallest absolute Gasteiger partial charge is 0.119 e. The van der Waals surface area contributed by atoms with Crippen molar-refractivity contribution in [1.29, 1.82) is 0 Å². The Morgan fingerprint density at radius 2 is 1.73 bits per heavy atom. The zero-order valence-corrected chi connectivity index (χ0v) is 18.1. The first kappa shape index (κ1) is 20.9. The first-order valence-corrected chi connectivity index (χ1v) is 11.3. The average Bonchev–Trinajstić information content (AvgIpc) is 3.25. The van der Waals surface area contributed by atoms with Crippen molar-refractivity contribution in [1.82, 2.24) is 5.32 Å². The van der Waals surface area contributed by atoms with Crippen LogP contribution in [0.3, 0.4) is 0 Å². The van der Waals surface area contributed by atoms with Crippen molar-refractivity contribution in [2.45, 2.75) is 51.1 Å². The normalized spacial score (nSPS) is 19.8. The lowest BCUT2D eigenvalue weighted by Crippen LogP contribution is -2.29. The van der Waals surface area contributed by atoms with E-state index in [4.69, 9.17) is 9.47 Å². The minimum absolute atomic E-state index is 0.348. The Balaban J connectivity index is 1.33. The summed E-state index contributed by atoms with van der Waals surface area (Å²) >= 11 is 0. The minimum Gasteiger partial charge on any atom is -0.491 e. The molecule has 1 aliphatic rings. The highest BCUT2D eigenvalue weighted by molar-refractivity contribution is 5.86. The van der Waals surface area contributed by atoms with Crippen molar-refractivity contribution < 1.29 is 9.47 Å². The van der Waals surface area contributed by atoms with E-state index in [1.807, 2.05) is 6.92 Å². The summed E-state index contributed by atoms with van der Waals surface area (Å²) in [5.74, 6) is 1.55. The summed E-state index contributed by atoms with van der Waals surface area (Å²) in [6.45, 7) is 6.28. The van der Waals surface area contributed by atoms with Gasteiger partial charge in [-0.15, -0.1) is 0 Å². The molecule has 3 aromatic rings. The molecule has 0 amide bonds. The second kappa shape index (κ2) is 10.1. The number of ether oxygens (including phenoxy) is 2. The maximum atomic E-state index is 5.75. The van der Waals surface area contributed by atoms with E-state index >= 15 is 0 Å². The molecule has 0 radical (unpaired) electrons. The zero-order chi connectivity index (χ0) is 20.8. The lowest BCUT2D eigenvalue weighted by Gasteiger charge is -2.21. The van der Waals surface area contributed by atoms with Gasteiger partial charge in [-0.05, 0) is 73.1 Å². The van der Waals surface area contributed by atoms with E-state index in [2.05, 4.69) is 79.0 Å². The molecule has 0 saturated heterocycles. The van der Waals surface area contributed by atoms with Crippen LogP contribution in [0.25, 0.3) is 10.8 Å². The van der Waals surface area contributed by atoms with Gasteiger partial charge in [0.1, 0.15) is 12.4 Å². The van der Waals surface area contributed by atoms with E-state index in [1.165, 1.54) is 41.2 Å². The molecular weight excluding hydrogens is 370 g/mol. The average molecular weight is 404 g/mol. The van der Waals surface area contributed by atoms with E-state index in [0.717, 1.165) is 12.4 Å². The van der Waals surface area contributed by atoms with Crippen LogP contribution in [0.2, 0.25) is 0 Å². The highest BCUT2D eigenvalue weighted by Crippen LogP contribution is 2.36. The van der Waals surface area contributed by atoms with Gasteiger partial charge in [0.25, 0.3) is 0 Å². The Kier molecular flexibility index (Phi) is 7.03. The maximum absolute atomic E-state index is 5.75. The number of rotatable bonds is 9. The summed E-state index contributed by atoms with van der Waals surface area (Å²) < 4.78 is 11.1. The number of fused-ring (bicyclic) bond motifs is 1. The second-order valence-electron chi connectivity index (χ2n) is 8.28. The minimum atomic E-state index is 0.348. The van der Waals surface area contributed by atoms with Gasteiger partial charge in [0.05, 0.1) is 6.61 Å². The first-order valence-electron chi connectivity index (χ1n) is 11.3. The zero-order valence-electron chi connectivity index (χ0n) is 18.1. The summed E-state index contributed by atoms with van der Waals surface area (Å²) in [5.41, 5.74) is 2.82. The Bertz CT molecular complexity index is 932. The molecule has 0 bridgehead atoms. The third-order valence-corrected chi connectivity index (χ3v) is 6.26. The summed E-state index contributed by atoms with van der Waals surface area (Å²) in [5, 5.41) is 6.57. The van der Waals surface area contributed by atoms with Crippen LogP contribution < -0.4 is 10.1 Å². The van der Waals surface area contributed by atoms with Gasteiger partial charge in [-0.1, -0.05) is 54.6 Å². The monoisotopic (exact) mass is 403 g/mol. The predicted octanol–water partition coefficient (Wildman–Crippen LogP) is 6.24. The molecule has 3 heteroatoms. The molecule has 2 unspecified atom stereocenters. The van der Waals surface area contributed by atoms with Crippen LogP contribution in [0.4, 0.5) is 0 Å². The molecule has 1 aliphatic carbocycles. The molecule has 1 N–H and O–H groups in total. The van der Waals surface area contributed by atoms with Crippen molar-refractivity contribution in [3.8, 4) is 5.75 Å². The molecule has 30 heavy (non-hydrogen) atoms. The van der Waals surface area contributed by atoms with E-state index < -0.39 is 0 Å². The van der Waals surface area contributed by atoms with Gasteiger partial charge in [0.15, 0.2) is 0 Å². The molecule has 0 heterocycles. The van der Waals surface area contributed by atoms with Gasteiger partial charge in [-0.3, -0.25) is 0 Å². The summed E-state index contributed by atoms with van der Waals surface area (Å²) in [6, 6.07) is 24.9. The Morgan fingerprint density at radius 3 is 2.57 bits per heavy atom. The van der Waals surface area contributed by atoms with Crippen molar-refractivity contribution in [2.75, 3.05) is 19.8 Å². The number of hydrogen-bond donors (Lipinski definition) is 1. The number of hydrogen-bond acceptors (Lipinski definition) is 3. The Hall–Kier alpha value is -2.36. The van der Waals surface area contributed by atoms with Crippen LogP contribution in [0.1, 0.15) is 56.2 Å². The number of benzene rings is 3. The third kappa shape index (κ3) is 5.03. The molecule has 3 atom stereocenters. The van der Waals surface area contributed by atoms with Gasteiger partial charge < -0.3 is 14.8 Å². The van der Waals surface area contributed by atoms with Crippen molar-refractivity contribution in [3.63, 3.8) is 0 Å². The van der Waals surface area contributed by atoms with Gasteiger partial charge in [-0.2, -0.15) is 0 Å². The first-order chi connectivity index (χ1) is 14.7. The Morgan fingerprint density at radius 1 is 0.933 bits per heavy atom. The molecule has 0 aromatic heterocycles. The van der Waals surface area contributed by atoms with E-state index in [-0.39, 0.29) is 0 Å². The molecular formula is C27H33NO2. The quantitative estimate of drug-likeness (QED) is 0.429. The van der Waals surface area contributed by atoms with Crippen LogP contribution >= 0.6 is 0 Å². The Labute approximate surface area is 180 Å². The third-order valence-electron chi connectivity index (χ3n) is 6.26. The molecule has 1 fully saturated rings. The largest absolute Gasteiger partial charge is 0.491 e. The van der Waals surface area contributed by atoms with E-state index in [1.54, 1.807) is 0 Å². The fraction of sp³-hybridized carbons (Fsp3) is 0.407. The fourth-order valence-corrected chi connectivity index (χ4v) is 4.71. The van der Waals surface area contributed by atoms with Gasteiger partial charge in [-0.25, -0.2) is 0 Å². The summed E-state index contributed by atoms with van der Waals surface area (Å²) in [4.78, 5) is 0. The summed E-state index contributed by atoms with van der Waals surface area (Å²) in [6.07, 6.45) is 3.66. The molecule has 4 rings (SSSR count). The van der Waals surface area contributed by atoms with Gasteiger partial charge in [0.2, 0.25) is 0 Å². The topological polar surface area (TPSA) is 30.5 Å². The van der Waals surface area contributed by atoms with Crippen molar-refractivity contribution in [3.05, 3.63) is 77.9 Å². The van der Waals surface area contributed by atoms with Crippen molar-refractivity contribution in [2.24, 2.45) is 0 Å². The van der Waals surface area contributed by atoms with Crippen LogP contribution in [-0.4, -0.2) is 25.9 Å². The van der Waals surface area contributed by atoms with Gasteiger partial charge >= 0.3 is 0 Å². The molecule has 0 aliphatic heterocycles. The van der Waals surface area contributed by atoms with Gasteiger partial charge in [0, 0.05) is 18.7 Å². The lowest BCUT2D eigenvalue weighted by atomic mass is 9.96. The van der Waals surface area contributed by atoms with Crippen LogP contribution in [0.15, 0.2) is 66.7 Å². The van der Waals surface area contributed by atoms with Crippen LogP contribution in [-0.2, 0) is 4.74 Å². The summed E-state index contributed by atoms with van der Waals surface area (Å²) in [7, 11) is 0. The lowest BCUT2D eigenvalue weighted by molar-refractivity contribution is 0.110. The van der Waals surface area contributed by atoms with E-state index in [9.17, 15) is 0 Å². The molecule has 158 valence electrons. The molecule has 0 spiro atoms. The van der Waals surface area contributed by atoms with Crippen LogP contribution in [0.5, 0.6) is 5.75 Å². The molecule has 3 aromatic carbocycles. The predicted molar refractivity (Wildman–Crippen MR) is 124 cm³/mol. The van der Waals surface area contributed by atoms with Crippen LogP contribution in [0, 0.1) is 0 Å². The van der Waals surface area contributed by atoms with E-state index in [0.29, 0.717) is 31.2 Å². The highest BCUT2D eigenvalue weighted by atomic mass is 16.5. The number of nitrogens with one attached hydrogen (secondary N) is 1. The SMILES string of the molecule is CCOCCOc1ccc(C2CCC(N[C@H](C)c3cccc4ccccc34)C2)cc1. The van der Waals surface area contributed by atoms with Crippen molar-refractivity contribution >= 4 is 10.8 Å². The molecule has 3 nitrogen and oxygen atoms in total. The fourth-order valence-electron chi connectivity index (χ4n) is 4.71. The maximum Gasteiger partial charge on any atom is 0.119 e. The standard InChI is InChI=1S/C27H33NO2/c1-3-29-17-18-30-25-15-12-21(13-16-25)23-11-14-24(19-23)28-20(2)26-10-6-8-22-7-4-5-9-27(22)26/h4-10,12-13,15-16,20,23-24,28H,3,11,14,17-19H2,1-2H3/t20-,23?,24?/m1/s1. The highest BCUT2D eigenvalue weighted by Gasteiger charge is 2.27. The molecule has 1 saturated carbocycles.